The van der Waals surface area contributed by atoms with Crippen molar-refractivity contribution in [1.29, 1.82) is 0 Å². The van der Waals surface area contributed by atoms with Crippen molar-refractivity contribution in [1.82, 2.24) is 5.32 Å². The Morgan fingerprint density at radius 1 is 1.32 bits per heavy atom. The summed E-state index contributed by atoms with van der Waals surface area (Å²) in [6.07, 6.45) is -0.374. The molecular weight excluding hydrogens is 278 g/mol. The van der Waals surface area contributed by atoms with E-state index in [0.717, 1.165) is 24.6 Å². The number of nitrogens with one attached hydrogen (secondary N) is 1. The predicted molar refractivity (Wildman–Crippen MR) is 88.8 cm³/mol. The van der Waals surface area contributed by atoms with E-state index >= 15 is 0 Å². The highest BCUT2D eigenvalue weighted by molar-refractivity contribution is 5.45. The summed E-state index contributed by atoms with van der Waals surface area (Å²) in [5, 5.41) is 13.6. The Balaban J connectivity index is 2.38. The summed E-state index contributed by atoms with van der Waals surface area (Å²) in [5.41, 5.74) is 0.717. The molecule has 22 heavy (non-hydrogen) atoms. The van der Waals surface area contributed by atoms with Crippen molar-refractivity contribution in [2.75, 3.05) is 20.2 Å². The Kier molecular flexibility index (Phi) is 4.73. The molecule has 1 unspecified atom stereocenters. The molecule has 2 N–H and O–H groups in total. The minimum Gasteiger partial charge on any atom is -0.493 e. The van der Waals surface area contributed by atoms with Gasteiger partial charge in [0.25, 0.3) is 0 Å². The number of hydrogen-bond donors (Lipinski definition) is 2. The van der Waals surface area contributed by atoms with E-state index in [0.29, 0.717) is 0 Å². The average Bonchev–Trinajstić information content (AvgIpc) is 2.80. The molecule has 1 heterocycles. The van der Waals surface area contributed by atoms with Gasteiger partial charge in [0, 0.05) is 24.4 Å². The van der Waals surface area contributed by atoms with Crippen molar-refractivity contribution >= 4 is 0 Å². The molecule has 1 aliphatic rings. The standard InChI is InChI=1S/C18H29NO3/c1-12(20)18(5)11-19-10-14(18)13-7-8-15(21-6)16(9-13)22-17(2,3)4/h7-9,12,14,19-20H,10-11H2,1-6H3/t12-,14?,18-/m1/s1. The largest absolute Gasteiger partial charge is 0.493 e. The first-order valence-electron chi connectivity index (χ1n) is 7.93. The Morgan fingerprint density at radius 2 is 2.00 bits per heavy atom. The fourth-order valence-corrected chi connectivity index (χ4v) is 3.10. The highest BCUT2D eigenvalue weighted by Crippen LogP contribution is 2.44. The molecule has 3 atom stereocenters. The molecule has 1 fully saturated rings. The van der Waals surface area contributed by atoms with Gasteiger partial charge in [0.2, 0.25) is 0 Å². The lowest BCUT2D eigenvalue weighted by Crippen LogP contribution is -2.36. The second kappa shape index (κ2) is 6.09. The van der Waals surface area contributed by atoms with Crippen LogP contribution in [0, 0.1) is 5.41 Å². The second-order valence-electron chi connectivity index (χ2n) is 7.49. The van der Waals surface area contributed by atoms with E-state index in [2.05, 4.69) is 24.4 Å². The highest BCUT2D eigenvalue weighted by Gasteiger charge is 2.43. The first-order valence-corrected chi connectivity index (χ1v) is 7.93. The summed E-state index contributed by atoms with van der Waals surface area (Å²) in [4.78, 5) is 0. The minimum atomic E-state index is -0.374. The van der Waals surface area contributed by atoms with Crippen molar-refractivity contribution < 1.29 is 14.6 Å². The summed E-state index contributed by atoms with van der Waals surface area (Å²) >= 11 is 0. The maximum atomic E-state index is 10.2. The molecule has 0 amide bonds. The van der Waals surface area contributed by atoms with E-state index in [1.165, 1.54) is 5.56 Å². The molecule has 2 rings (SSSR count). The smallest absolute Gasteiger partial charge is 0.162 e. The van der Waals surface area contributed by atoms with Gasteiger partial charge in [-0.25, -0.2) is 0 Å². The van der Waals surface area contributed by atoms with Gasteiger partial charge in [-0.2, -0.15) is 0 Å². The van der Waals surface area contributed by atoms with Crippen LogP contribution in [-0.4, -0.2) is 37.0 Å². The SMILES string of the molecule is COc1ccc(C2CNC[C@]2(C)[C@@H](C)O)cc1OC(C)(C)C. The van der Waals surface area contributed by atoms with Crippen LogP contribution < -0.4 is 14.8 Å². The van der Waals surface area contributed by atoms with Crippen LogP contribution in [0.15, 0.2) is 18.2 Å². The summed E-state index contributed by atoms with van der Waals surface area (Å²) in [6, 6.07) is 6.09. The number of ether oxygens (including phenoxy) is 2. The van der Waals surface area contributed by atoms with Crippen LogP contribution >= 0.6 is 0 Å². The third-order valence-electron chi connectivity index (χ3n) is 4.61. The number of rotatable bonds is 4. The van der Waals surface area contributed by atoms with Crippen LogP contribution in [-0.2, 0) is 0 Å². The summed E-state index contributed by atoms with van der Waals surface area (Å²) in [7, 11) is 1.65. The van der Waals surface area contributed by atoms with E-state index in [4.69, 9.17) is 9.47 Å². The number of hydrogen-bond acceptors (Lipinski definition) is 4. The molecule has 124 valence electrons. The molecule has 1 saturated heterocycles. The third-order valence-corrected chi connectivity index (χ3v) is 4.61. The van der Waals surface area contributed by atoms with Crippen molar-refractivity contribution in [2.24, 2.45) is 5.41 Å². The first-order chi connectivity index (χ1) is 10.2. The molecule has 0 bridgehead atoms. The van der Waals surface area contributed by atoms with Gasteiger partial charge in [-0.3, -0.25) is 0 Å². The van der Waals surface area contributed by atoms with Crippen molar-refractivity contribution in [3.8, 4) is 11.5 Å². The molecule has 1 aliphatic heterocycles. The van der Waals surface area contributed by atoms with Crippen LogP contribution in [0.1, 0.15) is 46.1 Å². The van der Waals surface area contributed by atoms with Gasteiger partial charge >= 0.3 is 0 Å². The van der Waals surface area contributed by atoms with Crippen LogP contribution in [0.4, 0.5) is 0 Å². The first kappa shape index (κ1) is 17.1. The summed E-state index contributed by atoms with van der Waals surface area (Å²) in [5.74, 6) is 1.75. The van der Waals surface area contributed by atoms with Gasteiger partial charge in [0.05, 0.1) is 13.2 Å². The number of methoxy groups -OCH3 is 1. The number of benzene rings is 1. The van der Waals surface area contributed by atoms with Crippen LogP contribution in [0.3, 0.4) is 0 Å². The minimum absolute atomic E-state index is 0.173. The Bertz CT molecular complexity index is 522. The molecule has 4 heteroatoms. The molecule has 0 saturated carbocycles. The average molecular weight is 307 g/mol. The van der Waals surface area contributed by atoms with E-state index in [1.807, 2.05) is 33.8 Å². The fourth-order valence-electron chi connectivity index (χ4n) is 3.10. The Morgan fingerprint density at radius 3 is 2.55 bits per heavy atom. The van der Waals surface area contributed by atoms with Crippen molar-refractivity contribution in [2.45, 2.75) is 52.2 Å². The fraction of sp³-hybridized carbons (Fsp3) is 0.667. The maximum absolute atomic E-state index is 10.2. The van der Waals surface area contributed by atoms with Gasteiger partial charge in [-0.05, 0) is 45.4 Å². The van der Waals surface area contributed by atoms with Crippen molar-refractivity contribution in [3.05, 3.63) is 23.8 Å². The van der Waals surface area contributed by atoms with E-state index in [-0.39, 0.29) is 23.0 Å². The normalized spacial score (nSPS) is 26.8. The summed E-state index contributed by atoms with van der Waals surface area (Å²) in [6.45, 7) is 11.8. The molecule has 1 aromatic rings. The van der Waals surface area contributed by atoms with Gasteiger partial charge in [0.1, 0.15) is 5.60 Å². The molecule has 0 aliphatic carbocycles. The van der Waals surface area contributed by atoms with Gasteiger partial charge in [-0.15, -0.1) is 0 Å². The zero-order chi connectivity index (χ0) is 16.5. The molecule has 4 nitrogen and oxygen atoms in total. The zero-order valence-electron chi connectivity index (χ0n) is 14.6. The zero-order valence-corrected chi connectivity index (χ0v) is 14.6. The van der Waals surface area contributed by atoms with E-state index in [1.54, 1.807) is 7.11 Å². The lowest BCUT2D eigenvalue weighted by atomic mass is 9.72. The molecule has 0 spiro atoms. The Hall–Kier alpha value is -1.26. The molecular formula is C18H29NO3. The number of aliphatic hydroxyl groups is 1. The highest BCUT2D eigenvalue weighted by atomic mass is 16.5. The predicted octanol–water partition coefficient (Wildman–Crippen LogP) is 2.95. The number of aliphatic hydroxyl groups excluding tert-OH is 1. The van der Waals surface area contributed by atoms with Crippen LogP contribution in [0.25, 0.3) is 0 Å². The van der Waals surface area contributed by atoms with Gasteiger partial charge in [0.15, 0.2) is 11.5 Å². The third kappa shape index (κ3) is 3.39. The summed E-state index contributed by atoms with van der Waals surface area (Å²) < 4.78 is 11.5. The monoisotopic (exact) mass is 307 g/mol. The second-order valence-corrected chi connectivity index (χ2v) is 7.49. The molecule has 1 aromatic carbocycles. The molecule has 0 radical (unpaired) electrons. The van der Waals surface area contributed by atoms with Gasteiger partial charge < -0.3 is 19.9 Å². The van der Waals surface area contributed by atoms with E-state index < -0.39 is 0 Å². The maximum Gasteiger partial charge on any atom is 0.162 e. The molecule has 0 aromatic heterocycles. The van der Waals surface area contributed by atoms with Gasteiger partial charge in [-0.1, -0.05) is 13.0 Å². The quantitative estimate of drug-likeness (QED) is 0.898. The lowest BCUT2D eigenvalue weighted by molar-refractivity contribution is 0.0547. The topological polar surface area (TPSA) is 50.7 Å². The van der Waals surface area contributed by atoms with E-state index in [9.17, 15) is 5.11 Å². The lowest BCUT2D eigenvalue weighted by Gasteiger charge is -2.34. The Labute approximate surface area is 133 Å². The van der Waals surface area contributed by atoms with Crippen molar-refractivity contribution in [3.63, 3.8) is 0 Å². The van der Waals surface area contributed by atoms with Crippen LogP contribution in [0.5, 0.6) is 11.5 Å². The van der Waals surface area contributed by atoms with Crippen LogP contribution in [0.2, 0.25) is 0 Å².